The first kappa shape index (κ1) is 9.57. The second kappa shape index (κ2) is 5.18. The van der Waals surface area contributed by atoms with E-state index in [1.165, 1.54) is 32.1 Å². The van der Waals surface area contributed by atoms with Gasteiger partial charge in [-0.05, 0) is 25.2 Å². The quantitative estimate of drug-likeness (QED) is 0.537. The van der Waals surface area contributed by atoms with Crippen molar-refractivity contribution < 1.29 is 0 Å². The summed E-state index contributed by atoms with van der Waals surface area (Å²) >= 11 is 0. The molecule has 0 aromatic heterocycles. The third-order valence-corrected chi connectivity index (χ3v) is 2.53. The highest BCUT2D eigenvalue weighted by molar-refractivity contribution is 5.28. The van der Waals surface area contributed by atoms with Gasteiger partial charge in [0, 0.05) is 0 Å². The van der Waals surface area contributed by atoms with Gasteiger partial charge in [0.05, 0.1) is 0 Å². The smallest absolute Gasteiger partial charge is 0.00471 e. The van der Waals surface area contributed by atoms with Crippen molar-refractivity contribution in [3.8, 4) is 0 Å². The Hall–Kier alpha value is -0.520. The van der Waals surface area contributed by atoms with E-state index >= 15 is 0 Å². The third-order valence-electron chi connectivity index (χ3n) is 2.53. The van der Waals surface area contributed by atoms with Crippen molar-refractivity contribution in [2.24, 2.45) is 5.92 Å². The first-order valence-corrected chi connectivity index (χ1v) is 5.25. The van der Waals surface area contributed by atoms with E-state index in [1.54, 1.807) is 5.57 Å². The van der Waals surface area contributed by atoms with Gasteiger partial charge < -0.3 is 0 Å². The molecule has 0 nitrogen and oxygen atoms in total. The Kier molecular flexibility index (Phi) is 4.13. The molecular weight excluding hydrogens is 144 g/mol. The summed E-state index contributed by atoms with van der Waals surface area (Å²) in [5, 5.41) is 0. The van der Waals surface area contributed by atoms with Crippen molar-refractivity contribution in [2.75, 3.05) is 0 Å². The number of hydrogen-bond donors (Lipinski definition) is 0. The van der Waals surface area contributed by atoms with Crippen LogP contribution in [0.25, 0.3) is 0 Å². The fraction of sp³-hybridized carbons (Fsp3) is 0.667. The van der Waals surface area contributed by atoms with Crippen LogP contribution in [0.15, 0.2) is 23.8 Å². The van der Waals surface area contributed by atoms with E-state index in [1.807, 2.05) is 0 Å². The molecule has 0 amide bonds. The molecule has 0 spiro atoms. The summed E-state index contributed by atoms with van der Waals surface area (Å²) in [4.78, 5) is 0. The van der Waals surface area contributed by atoms with Gasteiger partial charge >= 0.3 is 0 Å². The second-order valence-corrected chi connectivity index (χ2v) is 3.63. The molecule has 1 unspecified atom stereocenters. The van der Waals surface area contributed by atoms with Crippen molar-refractivity contribution in [2.45, 2.75) is 46.0 Å². The van der Waals surface area contributed by atoms with Gasteiger partial charge in [0.15, 0.2) is 0 Å². The van der Waals surface area contributed by atoms with Gasteiger partial charge in [0.1, 0.15) is 0 Å². The highest BCUT2D eigenvalue weighted by atomic mass is 14.1. The Morgan fingerprint density at radius 1 is 1.25 bits per heavy atom. The van der Waals surface area contributed by atoms with E-state index < -0.39 is 0 Å². The summed E-state index contributed by atoms with van der Waals surface area (Å²) in [7, 11) is 0. The molecule has 0 heteroatoms. The van der Waals surface area contributed by atoms with Gasteiger partial charge in [0.25, 0.3) is 0 Å². The maximum absolute atomic E-state index is 2.43. The van der Waals surface area contributed by atoms with Crippen LogP contribution in [0.3, 0.4) is 0 Å². The molecule has 0 fully saturated rings. The van der Waals surface area contributed by atoms with Crippen molar-refractivity contribution in [1.29, 1.82) is 0 Å². The molecule has 0 aliphatic heterocycles. The van der Waals surface area contributed by atoms with Gasteiger partial charge in [-0.15, -0.1) is 0 Å². The average Bonchev–Trinajstić information content (AvgIpc) is 2.53. The summed E-state index contributed by atoms with van der Waals surface area (Å²) in [5.74, 6) is 0.738. The van der Waals surface area contributed by atoms with Crippen LogP contribution in [-0.2, 0) is 0 Å². The molecule has 0 radical (unpaired) electrons. The number of rotatable bonds is 5. The first-order chi connectivity index (χ1) is 5.86. The molecular formula is C12H20. The molecule has 0 saturated heterocycles. The predicted octanol–water partition coefficient (Wildman–Crippen LogP) is 4.09. The lowest BCUT2D eigenvalue weighted by atomic mass is 10.1. The number of allylic oxidation sites excluding steroid dienone is 4. The highest BCUT2D eigenvalue weighted by Crippen LogP contribution is 2.22. The van der Waals surface area contributed by atoms with Crippen LogP contribution in [0, 0.1) is 5.92 Å². The molecule has 1 aliphatic rings. The Bertz CT molecular complexity index is 174. The van der Waals surface area contributed by atoms with Crippen LogP contribution in [-0.4, -0.2) is 0 Å². The van der Waals surface area contributed by atoms with Crippen molar-refractivity contribution in [1.82, 2.24) is 0 Å². The normalized spacial score (nSPS) is 21.5. The molecule has 0 bridgehead atoms. The van der Waals surface area contributed by atoms with E-state index in [4.69, 9.17) is 0 Å². The van der Waals surface area contributed by atoms with Gasteiger partial charge in [0.2, 0.25) is 0 Å². The van der Waals surface area contributed by atoms with Gasteiger partial charge in [-0.3, -0.25) is 0 Å². The average molecular weight is 164 g/mol. The molecule has 1 atom stereocenters. The van der Waals surface area contributed by atoms with Crippen LogP contribution in [0.5, 0.6) is 0 Å². The van der Waals surface area contributed by atoms with Crippen LogP contribution >= 0.6 is 0 Å². The maximum atomic E-state index is 2.43. The minimum atomic E-state index is 0.738. The van der Waals surface area contributed by atoms with E-state index in [9.17, 15) is 0 Å². The fourth-order valence-electron chi connectivity index (χ4n) is 1.63. The van der Waals surface area contributed by atoms with Gasteiger partial charge in [-0.1, -0.05) is 50.5 Å². The van der Waals surface area contributed by atoms with Crippen molar-refractivity contribution >= 4 is 0 Å². The lowest BCUT2D eigenvalue weighted by molar-refractivity contribution is 0.715. The van der Waals surface area contributed by atoms with E-state index in [0.717, 1.165) is 5.92 Å². The zero-order valence-corrected chi connectivity index (χ0v) is 8.34. The van der Waals surface area contributed by atoms with E-state index in [2.05, 4.69) is 32.1 Å². The van der Waals surface area contributed by atoms with Gasteiger partial charge in [-0.25, -0.2) is 0 Å². The Labute approximate surface area is 76.4 Å². The SMILES string of the molecule is CCCCCC1=CC(CC)C=C1. The third kappa shape index (κ3) is 2.84. The first-order valence-electron chi connectivity index (χ1n) is 5.25. The lowest BCUT2D eigenvalue weighted by Gasteiger charge is -1.99. The van der Waals surface area contributed by atoms with Crippen molar-refractivity contribution in [3.63, 3.8) is 0 Å². The van der Waals surface area contributed by atoms with Crippen molar-refractivity contribution in [3.05, 3.63) is 23.8 Å². The molecule has 68 valence electrons. The Morgan fingerprint density at radius 2 is 2.08 bits per heavy atom. The molecule has 12 heavy (non-hydrogen) atoms. The van der Waals surface area contributed by atoms with E-state index in [-0.39, 0.29) is 0 Å². The largest absolute Gasteiger partial charge is 0.0774 e. The summed E-state index contributed by atoms with van der Waals surface area (Å²) in [5.41, 5.74) is 1.57. The van der Waals surface area contributed by atoms with Crippen LogP contribution in [0.1, 0.15) is 46.0 Å². The molecule has 0 aromatic rings. The molecule has 0 heterocycles. The molecule has 1 aliphatic carbocycles. The van der Waals surface area contributed by atoms with Crippen LogP contribution in [0.4, 0.5) is 0 Å². The molecule has 1 rings (SSSR count). The molecule has 0 N–H and O–H groups in total. The standard InChI is InChI=1S/C12H20/c1-3-5-6-7-12-9-8-11(4-2)10-12/h8-11H,3-7H2,1-2H3. The maximum Gasteiger partial charge on any atom is -0.00471 e. The molecule has 0 aromatic carbocycles. The minimum Gasteiger partial charge on any atom is -0.0774 e. The molecule has 0 saturated carbocycles. The second-order valence-electron chi connectivity index (χ2n) is 3.63. The highest BCUT2D eigenvalue weighted by Gasteiger charge is 2.05. The van der Waals surface area contributed by atoms with Gasteiger partial charge in [-0.2, -0.15) is 0 Å². The number of hydrogen-bond acceptors (Lipinski definition) is 0. The fourth-order valence-corrected chi connectivity index (χ4v) is 1.63. The lowest BCUT2D eigenvalue weighted by Crippen LogP contribution is -1.83. The number of unbranched alkanes of at least 4 members (excludes halogenated alkanes) is 2. The zero-order chi connectivity index (χ0) is 8.81. The zero-order valence-electron chi connectivity index (χ0n) is 8.34. The Balaban J connectivity index is 2.21. The Morgan fingerprint density at radius 3 is 2.67 bits per heavy atom. The monoisotopic (exact) mass is 164 g/mol. The summed E-state index contributed by atoms with van der Waals surface area (Å²) in [6.07, 6.45) is 13.7. The van der Waals surface area contributed by atoms with Crippen LogP contribution < -0.4 is 0 Å². The summed E-state index contributed by atoms with van der Waals surface area (Å²) in [6, 6.07) is 0. The minimum absolute atomic E-state index is 0.738. The summed E-state index contributed by atoms with van der Waals surface area (Å²) in [6.45, 7) is 4.51. The summed E-state index contributed by atoms with van der Waals surface area (Å²) < 4.78 is 0. The van der Waals surface area contributed by atoms with Crippen LogP contribution in [0.2, 0.25) is 0 Å². The van der Waals surface area contributed by atoms with E-state index in [0.29, 0.717) is 0 Å². The topological polar surface area (TPSA) is 0 Å². The predicted molar refractivity (Wildman–Crippen MR) is 55.1 cm³/mol.